The zero-order valence-corrected chi connectivity index (χ0v) is 12.1. The summed E-state index contributed by atoms with van der Waals surface area (Å²) in [4.78, 5) is 14.3. The molecule has 2 rings (SSSR count). The van der Waals surface area contributed by atoms with Gasteiger partial charge in [-0.3, -0.25) is 9.69 Å². The highest BCUT2D eigenvalue weighted by molar-refractivity contribution is 7.12. The van der Waals surface area contributed by atoms with Crippen molar-refractivity contribution < 1.29 is 15.0 Å². The molecule has 1 atom stereocenters. The maximum Gasteiger partial charge on any atom is 0.169 e. The van der Waals surface area contributed by atoms with Crippen molar-refractivity contribution in [2.75, 3.05) is 19.7 Å². The summed E-state index contributed by atoms with van der Waals surface area (Å²) in [7, 11) is 0. The van der Waals surface area contributed by atoms with E-state index in [1.165, 1.54) is 11.3 Å². The third-order valence-corrected chi connectivity index (χ3v) is 4.79. The quantitative estimate of drug-likeness (QED) is 0.825. The van der Waals surface area contributed by atoms with Gasteiger partial charge >= 0.3 is 0 Å². The average Bonchev–Trinajstić information content (AvgIpc) is 2.76. The molecule has 1 aliphatic heterocycles. The Balaban J connectivity index is 1.94. The van der Waals surface area contributed by atoms with Crippen LogP contribution in [0.3, 0.4) is 0 Å². The van der Waals surface area contributed by atoms with Gasteiger partial charge in [0.25, 0.3) is 0 Å². The highest BCUT2D eigenvalue weighted by Gasteiger charge is 2.29. The zero-order chi connectivity index (χ0) is 13.9. The molecular formula is C14H21NO3S. The van der Waals surface area contributed by atoms with Crippen LogP contribution in [-0.4, -0.2) is 46.2 Å². The molecule has 1 aromatic rings. The van der Waals surface area contributed by atoms with Gasteiger partial charge in [0.1, 0.15) is 0 Å². The van der Waals surface area contributed by atoms with Crippen molar-refractivity contribution >= 4 is 17.1 Å². The second kappa shape index (κ2) is 6.13. The van der Waals surface area contributed by atoms with E-state index in [4.69, 9.17) is 0 Å². The summed E-state index contributed by atoms with van der Waals surface area (Å²) in [6, 6.07) is 1.95. The van der Waals surface area contributed by atoms with Crippen LogP contribution in [0.2, 0.25) is 0 Å². The molecule has 0 bridgehead atoms. The molecule has 1 fully saturated rings. The first-order valence-electron chi connectivity index (χ1n) is 6.66. The predicted octanol–water partition coefficient (Wildman–Crippen LogP) is 1.66. The van der Waals surface area contributed by atoms with E-state index in [1.807, 2.05) is 11.4 Å². The number of rotatable bonds is 4. The lowest BCUT2D eigenvalue weighted by Crippen LogP contribution is -2.34. The van der Waals surface area contributed by atoms with Gasteiger partial charge in [-0.1, -0.05) is 0 Å². The average molecular weight is 283 g/mol. The first-order chi connectivity index (χ1) is 9.02. The third kappa shape index (κ3) is 3.86. The van der Waals surface area contributed by atoms with Crippen molar-refractivity contribution in [2.45, 2.75) is 38.3 Å². The van der Waals surface area contributed by atoms with E-state index in [0.29, 0.717) is 12.8 Å². The predicted molar refractivity (Wildman–Crippen MR) is 75.5 cm³/mol. The summed E-state index contributed by atoms with van der Waals surface area (Å²) in [5.41, 5.74) is 0.248. The summed E-state index contributed by atoms with van der Waals surface area (Å²) in [6.45, 7) is 3.94. The molecule has 5 heteroatoms. The van der Waals surface area contributed by atoms with E-state index in [1.54, 1.807) is 6.92 Å². The SMILES string of the molecule is CC(=O)c1cc(CN2CCC[C@@](O)(CO)CC2)cs1. The minimum Gasteiger partial charge on any atom is -0.393 e. The number of carbonyl (C=O) groups excluding carboxylic acids is 1. The minimum atomic E-state index is -0.909. The maximum atomic E-state index is 11.3. The smallest absolute Gasteiger partial charge is 0.169 e. The van der Waals surface area contributed by atoms with Gasteiger partial charge in [-0.05, 0) is 49.7 Å². The van der Waals surface area contributed by atoms with Gasteiger partial charge in [-0.2, -0.15) is 0 Å². The molecule has 0 unspecified atom stereocenters. The number of likely N-dealkylation sites (tertiary alicyclic amines) is 1. The van der Waals surface area contributed by atoms with Gasteiger partial charge < -0.3 is 10.2 Å². The molecule has 1 aliphatic rings. The van der Waals surface area contributed by atoms with Gasteiger partial charge in [-0.25, -0.2) is 0 Å². The molecular weight excluding hydrogens is 262 g/mol. The Kier molecular flexibility index (Phi) is 4.73. The highest BCUT2D eigenvalue weighted by Crippen LogP contribution is 2.24. The van der Waals surface area contributed by atoms with Gasteiger partial charge in [0.2, 0.25) is 0 Å². The Morgan fingerprint density at radius 3 is 2.89 bits per heavy atom. The molecule has 0 radical (unpaired) electrons. The van der Waals surface area contributed by atoms with Crippen LogP contribution in [0.15, 0.2) is 11.4 Å². The fourth-order valence-electron chi connectivity index (χ4n) is 2.45. The van der Waals surface area contributed by atoms with E-state index < -0.39 is 5.60 Å². The number of nitrogens with zero attached hydrogens (tertiary/aromatic N) is 1. The number of aliphatic hydroxyl groups is 2. The number of hydrogen-bond donors (Lipinski definition) is 2. The zero-order valence-electron chi connectivity index (χ0n) is 11.3. The Morgan fingerprint density at radius 1 is 1.47 bits per heavy atom. The summed E-state index contributed by atoms with van der Waals surface area (Å²) >= 11 is 1.49. The molecule has 0 aliphatic carbocycles. The largest absolute Gasteiger partial charge is 0.393 e. The molecule has 0 amide bonds. The van der Waals surface area contributed by atoms with Crippen LogP contribution in [0.1, 0.15) is 41.4 Å². The van der Waals surface area contributed by atoms with Crippen molar-refractivity contribution in [1.82, 2.24) is 4.90 Å². The number of thiophene rings is 1. The normalized spacial score (nSPS) is 25.2. The van der Waals surface area contributed by atoms with Crippen LogP contribution >= 0.6 is 11.3 Å². The number of carbonyl (C=O) groups is 1. The maximum absolute atomic E-state index is 11.3. The van der Waals surface area contributed by atoms with Crippen LogP contribution in [0, 0.1) is 0 Å². The summed E-state index contributed by atoms with van der Waals surface area (Å²) in [5.74, 6) is 0.113. The lowest BCUT2D eigenvalue weighted by atomic mass is 9.96. The number of Topliss-reactive ketones (excluding diaryl/α,β-unsaturated/α-hetero) is 1. The van der Waals surface area contributed by atoms with Crippen molar-refractivity contribution in [3.63, 3.8) is 0 Å². The minimum absolute atomic E-state index is 0.113. The Hall–Kier alpha value is -0.750. The fraction of sp³-hybridized carbons (Fsp3) is 0.643. The third-order valence-electron chi connectivity index (χ3n) is 3.71. The van der Waals surface area contributed by atoms with E-state index >= 15 is 0 Å². The first-order valence-corrected chi connectivity index (χ1v) is 7.54. The topological polar surface area (TPSA) is 60.8 Å². The van der Waals surface area contributed by atoms with Gasteiger partial charge in [0, 0.05) is 13.1 Å². The Bertz CT molecular complexity index is 446. The van der Waals surface area contributed by atoms with Crippen LogP contribution in [0.25, 0.3) is 0 Å². The summed E-state index contributed by atoms with van der Waals surface area (Å²) in [5, 5.41) is 21.3. The van der Waals surface area contributed by atoms with Gasteiger partial charge in [-0.15, -0.1) is 11.3 Å². The number of aliphatic hydroxyl groups excluding tert-OH is 1. The van der Waals surface area contributed by atoms with Crippen molar-refractivity contribution in [1.29, 1.82) is 0 Å². The van der Waals surface area contributed by atoms with E-state index in [-0.39, 0.29) is 12.4 Å². The lowest BCUT2D eigenvalue weighted by Gasteiger charge is -2.24. The second-order valence-electron chi connectivity index (χ2n) is 5.39. The molecule has 19 heavy (non-hydrogen) atoms. The molecule has 0 spiro atoms. The van der Waals surface area contributed by atoms with Crippen LogP contribution in [0.4, 0.5) is 0 Å². The van der Waals surface area contributed by atoms with Crippen molar-refractivity contribution in [2.24, 2.45) is 0 Å². The second-order valence-corrected chi connectivity index (χ2v) is 6.30. The van der Waals surface area contributed by atoms with Gasteiger partial charge in [0.05, 0.1) is 17.1 Å². The Morgan fingerprint density at radius 2 is 2.26 bits per heavy atom. The standard InChI is InChI=1S/C14H21NO3S/c1-11(17)13-7-12(9-19-13)8-15-5-2-3-14(18,10-16)4-6-15/h7,9,16,18H,2-6,8,10H2,1H3/t14-/m0/s1. The molecule has 2 heterocycles. The number of ketones is 1. The van der Waals surface area contributed by atoms with Gasteiger partial charge in [0.15, 0.2) is 5.78 Å². The molecule has 1 aromatic heterocycles. The summed E-state index contributed by atoms with van der Waals surface area (Å²) < 4.78 is 0. The Labute approximate surface area is 117 Å². The van der Waals surface area contributed by atoms with E-state index in [2.05, 4.69) is 4.90 Å². The van der Waals surface area contributed by atoms with E-state index in [9.17, 15) is 15.0 Å². The van der Waals surface area contributed by atoms with Crippen LogP contribution in [-0.2, 0) is 6.54 Å². The molecule has 1 saturated heterocycles. The summed E-state index contributed by atoms with van der Waals surface area (Å²) in [6.07, 6.45) is 2.15. The molecule has 0 aromatic carbocycles. The lowest BCUT2D eigenvalue weighted by molar-refractivity contribution is -0.0255. The first kappa shape index (κ1) is 14.7. The molecule has 106 valence electrons. The monoisotopic (exact) mass is 283 g/mol. The molecule has 2 N–H and O–H groups in total. The highest BCUT2D eigenvalue weighted by atomic mass is 32.1. The number of hydrogen-bond acceptors (Lipinski definition) is 5. The van der Waals surface area contributed by atoms with Crippen LogP contribution in [0.5, 0.6) is 0 Å². The molecule has 4 nitrogen and oxygen atoms in total. The van der Waals surface area contributed by atoms with Crippen LogP contribution < -0.4 is 0 Å². The van der Waals surface area contributed by atoms with E-state index in [0.717, 1.165) is 36.5 Å². The molecule has 0 saturated carbocycles. The van der Waals surface area contributed by atoms with Crippen molar-refractivity contribution in [3.05, 3.63) is 21.9 Å². The fourth-order valence-corrected chi connectivity index (χ4v) is 3.26. The van der Waals surface area contributed by atoms with Crippen molar-refractivity contribution in [3.8, 4) is 0 Å².